The third-order valence-electron chi connectivity index (χ3n) is 2.19. The van der Waals surface area contributed by atoms with Crippen LogP contribution in [0, 0.1) is 5.92 Å². The van der Waals surface area contributed by atoms with Gasteiger partial charge in [0.2, 0.25) is 0 Å². The highest BCUT2D eigenvalue weighted by Crippen LogP contribution is 2.26. The van der Waals surface area contributed by atoms with E-state index in [0.717, 1.165) is 6.26 Å². The molecule has 0 aromatic carbocycles. The summed E-state index contributed by atoms with van der Waals surface area (Å²) in [6, 6.07) is 0. The fraction of sp³-hybridized carbons (Fsp3) is 0.667. The van der Waals surface area contributed by atoms with Crippen molar-refractivity contribution in [3.05, 3.63) is 12.8 Å². The molecule has 0 radical (unpaired) electrons. The number of rotatable bonds is 2. The van der Waals surface area contributed by atoms with Crippen LogP contribution in [0.15, 0.2) is 12.8 Å². The monoisotopic (exact) mass is 172 g/mol. The van der Waals surface area contributed by atoms with Gasteiger partial charge in [-0.15, -0.1) is 0 Å². The lowest BCUT2D eigenvalue weighted by atomic mass is 9.88. The molecule has 0 bridgehead atoms. The minimum atomic E-state index is -0.724. The van der Waals surface area contributed by atoms with Crippen LogP contribution >= 0.6 is 0 Å². The van der Waals surface area contributed by atoms with Gasteiger partial charge < -0.3 is 4.74 Å². The van der Waals surface area contributed by atoms with Gasteiger partial charge >= 0.3 is 5.97 Å². The number of esters is 1. The molecule has 0 N–H and O–H groups in total. The van der Waals surface area contributed by atoms with Gasteiger partial charge in [0, 0.05) is 0 Å². The van der Waals surface area contributed by atoms with E-state index in [9.17, 15) is 9.18 Å². The molecule has 12 heavy (non-hydrogen) atoms. The Morgan fingerprint density at radius 1 is 1.42 bits per heavy atom. The standard InChI is InChI=1S/C9H13FO2/c1-2-12-9(11)7-3-5-8(10)6-4-7/h2,7-8H,1,3-6H2. The molecule has 0 heterocycles. The van der Waals surface area contributed by atoms with Gasteiger partial charge in [0.1, 0.15) is 6.17 Å². The lowest BCUT2D eigenvalue weighted by Crippen LogP contribution is -2.22. The highest BCUT2D eigenvalue weighted by atomic mass is 19.1. The Morgan fingerprint density at radius 3 is 2.50 bits per heavy atom. The first kappa shape index (κ1) is 9.23. The Hall–Kier alpha value is -0.860. The number of alkyl halides is 1. The number of carbonyl (C=O) groups excluding carboxylic acids is 1. The third-order valence-corrected chi connectivity index (χ3v) is 2.19. The van der Waals surface area contributed by atoms with Gasteiger partial charge in [-0.1, -0.05) is 6.58 Å². The summed E-state index contributed by atoms with van der Waals surface area (Å²) in [5.41, 5.74) is 0. The Balaban J connectivity index is 2.33. The van der Waals surface area contributed by atoms with Crippen LogP contribution < -0.4 is 0 Å². The zero-order valence-corrected chi connectivity index (χ0v) is 6.96. The Labute approximate surface area is 71.4 Å². The highest BCUT2D eigenvalue weighted by molar-refractivity contribution is 5.73. The molecule has 1 fully saturated rings. The molecule has 0 saturated heterocycles. The van der Waals surface area contributed by atoms with Crippen molar-refractivity contribution < 1.29 is 13.9 Å². The largest absolute Gasteiger partial charge is 0.435 e. The van der Waals surface area contributed by atoms with E-state index in [1.807, 2.05) is 0 Å². The van der Waals surface area contributed by atoms with Gasteiger partial charge in [0.25, 0.3) is 0 Å². The van der Waals surface area contributed by atoms with Gasteiger partial charge in [0.05, 0.1) is 12.2 Å². The molecule has 0 spiro atoms. The van der Waals surface area contributed by atoms with Crippen molar-refractivity contribution in [2.24, 2.45) is 5.92 Å². The molecule has 0 aliphatic heterocycles. The molecule has 2 nitrogen and oxygen atoms in total. The zero-order chi connectivity index (χ0) is 8.97. The first-order valence-corrected chi connectivity index (χ1v) is 4.19. The quantitative estimate of drug-likeness (QED) is 0.471. The van der Waals surface area contributed by atoms with Crippen LogP contribution in [0.1, 0.15) is 25.7 Å². The van der Waals surface area contributed by atoms with Crippen molar-refractivity contribution >= 4 is 5.97 Å². The Bertz CT molecular complexity index is 171. The average molecular weight is 172 g/mol. The normalized spacial score (nSPS) is 29.4. The molecule has 3 heteroatoms. The van der Waals surface area contributed by atoms with Gasteiger partial charge in [-0.3, -0.25) is 4.79 Å². The molecule has 1 rings (SSSR count). The van der Waals surface area contributed by atoms with Crippen LogP contribution in [0.2, 0.25) is 0 Å². The molecule has 0 amide bonds. The first-order chi connectivity index (χ1) is 5.74. The van der Waals surface area contributed by atoms with Crippen LogP contribution in [-0.4, -0.2) is 12.1 Å². The fourth-order valence-electron chi connectivity index (χ4n) is 1.47. The van der Waals surface area contributed by atoms with E-state index < -0.39 is 6.17 Å². The van der Waals surface area contributed by atoms with E-state index in [2.05, 4.69) is 11.3 Å². The number of ether oxygens (including phenoxy) is 1. The molecule has 0 unspecified atom stereocenters. The lowest BCUT2D eigenvalue weighted by Gasteiger charge is -2.21. The maximum absolute atomic E-state index is 12.6. The Kier molecular flexibility index (Phi) is 3.26. The second kappa shape index (κ2) is 4.24. The number of halogens is 1. The molecule has 1 aliphatic carbocycles. The van der Waals surface area contributed by atoms with E-state index >= 15 is 0 Å². The second-order valence-corrected chi connectivity index (χ2v) is 3.05. The molecule has 0 atom stereocenters. The van der Waals surface area contributed by atoms with Gasteiger partial charge in [-0.25, -0.2) is 4.39 Å². The summed E-state index contributed by atoms with van der Waals surface area (Å²) in [5, 5.41) is 0. The summed E-state index contributed by atoms with van der Waals surface area (Å²) in [5.74, 6) is -0.383. The van der Waals surface area contributed by atoms with E-state index in [1.54, 1.807) is 0 Å². The Morgan fingerprint density at radius 2 is 2.00 bits per heavy atom. The van der Waals surface area contributed by atoms with Crippen molar-refractivity contribution in [1.29, 1.82) is 0 Å². The minimum absolute atomic E-state index is 0.116. The molecule has 1 aliphatic rings. The van der Waals surface area contributed by atoms with E-state index in [0.29, 0.717) is 25.7 Å². The van der Waals surface area contributed by atoms with Gasteiger partial charge in [0.15, 0.2) is 0 Å². The van der Waals surface area contributed by atoms with Crippen LogP contribution in [0.25, 0.3) is 0 Å². The van der Waals surface area contributed by atoms with Crippen molar-refractivity contribution in [3.63, 3.8) is 0 Å². The summed E-state index contributed by atoms with van der Waals surface area (Å²) >= 11 is 0. The molecule has 1 saturated carbocycles. The number of hydrogen-bond donors (Lipinski definition) is 0. The minimum Gasteiger partial charge on any atom is -0.435 e. The lowest BCUT2D eigenvalue weighted by molar-refractivity contribution is -0.144. The predicted molar refractivity (Wildman–Crippen MR) is 43.1 cm³/mol. The van der Waals surface area contributed by atoms with Crippen LogP contribution in [0.4, 0.5) is 4.39 Å². The van der Waals surface area contributed by atoms with Crippen molar-refractivity contribution in [3.8, 4) is 0 Å². The highest BCUT2D eigenvalue weighted by Gasteiger charge is 2.26. The second-order valence-electron chi connectivity index (χ2n) is 3.05. The summed E-state index contributed by atoms with van der Waals surface area (Å²) in [7, 11) is 0. The average Bonchev–Trinajstić information content (AvgIpc) is 2.06. The van der Waals surface area contributed by atoms with Crippen molar-refractivity contribution in [1.82, 2.24) is 0 Å². The SMILES string of the molecule is C=COC(=O)C1CCC(F)CC1. The van der Waals surface area contributed by atoms with Crippen LogP contribution in [0.5, 0.6) is 0 Å². The number of carbonyl (C=O) groups is 1. The summed E-state index contributed by atoms with van der Waals surface area (Å²) in [6.07, 6.45) is 2.58. The summed E-state index contributed by atoms with van der Waals surface area (Å²) < 4.78 is 17.3. The van der Waals surface area contributed by atoms with Gasteiger partial charge in [-0.05, 0) is 25.7 Å². The molecule has 68 valence electrons. The third kappa shape index (κ3) is 2.32. The molecule has 0 aromatic heterocycles. The first-order valence-electron chi connectivity index (χ1n) is 4.19. The topological polar surface area (TPSA) is 26.3 Å². The van der Waals surface area contributed by atoms with E-state index in [4.69, 9.17) is 0 Å². The zero-order valence-electron chi connectivity index (χ0n) is 6.96. The molecular weight excluding hydrogens is 159 g/mol. The number of hydrogen-bond acceptors (Lipinski definition) is 2. The predicted octanol–water partition coefficient (Wildman–Crippen LogP) is 2.20. The van der Waals surface area contributed by atoms with Crippen LogP contribution in [0.3, 0.4) is 0 Å². The fourth-order valence-corrected chi connectivity index (χ4v) is 1.47. The summed E-state index contributed by atoms with van der Waals surface area (Å²) in [6.45, 7) is 3.29. The van der Waals surface area contributed by atoms with Crippen LogP contribution in [-0.2, 0) is 9.53 Å². The van der Waals surface area contributed by atoms with Crippen molar-refractivity contribution in [2.45, 2.75) is 31.9 Å². The molecule has 0 aromatic rings. The van der Waals surface area contributed by atoms with E-state index in [-0.39, 0.29) is 11.9 Å². The van der Waals surface area contributed by atoms with E-state index in [1.165, 1.54) is 0 Å². The van der Waals surface area contributed by atoms with Crippen molar-refractivity contribution in [2.75, 3.05) is 0 Å². The smallest absolute Gasteiger partial charge is 0.313 e. The maximum atomic E-state index is 12.6. The summed E-state index contributed by atoms with van der Waals surface area (Å²) in [4.78, 5) is 11.1. The molecular formula is C9H13FO2. The maximum Gasteiger partial charge on any atom is 0.313 e. The van der Waals surface area contributed by atoms with Gasteiger partial charge in [-0.2, -0.15) is 0 Å².